The summed E-state index contributed by atoms with van der Waals surface area (Å²) in [5, 5.41) is 14.9. The SMILES string of the molecule is CCn1c(CNC(=O)c2ccccc2C)nnc1SCC(=O)Nc1ccccc1C. The summed E-state index contributed by atoms with van der Waals surface area (Å²) in [4.78, 5) is 24.7. The van der Waals surface area contributed by atoms with Crippen molar-refractivity contribution in [2.75, 3.05) is 11.1 Å². The molecule has 0 saturated carbocycles. The average molecular weight is 424 g/mol. The van der Waals surface area contributed by atoms with Gasteiger partial charge in [0.2, 0.25) is 5.91 Å². The Morgan fingerprint density at radius 3 is 2.40 bits per heavy atom. The van der Waals surface area contributed by atoms with E-state index in [0.717, 1.165) is 16.8 Å². The molecule has 0 spiro atoms. The number of para-hydroxylation sites is 1. The van der Waals surface area contributed by atoms with Gasteiger partial charge < -0.3 is 15.2 Å². The molecular formula is C22H25N5O2S. The Kier molecular flexibility index (Phi) is 7.24. The molecule has 0 bridgehead atoms. The minimum Gasteiger partial charge on any atom is -0.345 e. The van der Waals surface area contributed by atoms with E-state index in [-0.39, 0.29) is 24.1 Å². The van der Waals surface area contributed by atoms with E-state index < -0.39 is 0 Å². The summed E-state index contributed by atoms with van der Waals surface area (Å²) in [6, 6.07) is 15.1. The van der Waals surface area contributed by atoms with Crippen molar-refractivity contribution < 1.29 is 9.59 Å². The fourth-order valence-electron chi connectivity index (χ4n) is 2.99. The van der Waals surface area contributed by atoms with Crippen LogP contribution in [0.2, 0.25) is 0 Å². The molecule has 3 aromatic rings. The molecule has 3 rings (SSSR count). The molecule has 0 atom stereocenters. The molecule has 8 heteroatoms. The number of thioether (sulfide) groups is 1. The number of aromatic nitrogens is 3. The van der Waals surface area contributed by atoms with Crippen LogP contribution in [-0.2, 0) is 17.9 Å². The van der Waals surface area contributed by atoms with Crippen LogP contribution in [-0.4, -0.2) is 32.3 Å². The quantitative estimate of drug-likeness (QED) is 0.541. The maximum Gasteiger partial charge on any atom is 0.251 e. The molecule has 0 radical (unpaired) electrons. The van der Waals surface area contributed by atoms with Crippen LogP contribution in [0.15, 0.2) is 53.7 Å². The van der Waals surface area contributed by atoms with Crippen molar-refractivity contribution in [1.82, 2.24) is 20.1 Å². The number of aryl methyl sites for hydroxylation is 2. The molecule has 2 N–H and O–H groups in total. The van der Waals surface area contributed by atoms with Crippen molar-refractivity contribution >= 4 is 29.3 Å². The number of nitrogens with one attached hydrogen (secondary N) is 2. The third-order valence-corrected chi connectivity index (χ3v) is 5.62. The highest BCUT2D eigenvalue weighted by atomic mass is 32.2. The Hall–Kier alpha value is -3.13. The molecule has 0 aliphatic rings. The second-order valence-electron chi connectivity index (χ2n) is 6.79. The summed E-state index contributed by atoms with van der Waals surface area (Å²) in [6.07, 6.45) is 0. The van der Waals surface area contributed by atoms with Crippen molar-refractivity contribution in [3.8, 4) is 0 Å². The molecule has 1 aromatic heterocycles. The summed E-state index contributed by atoms with van der Waals surface area (Å²) in [5.74, 6) is 0.628. The number of carbonyl (C=O) groups excluding carboxylic acids is 2. The first-order valence-corrected chi connectivity index (χ1v) is 10.7. The third-order valence-electron chi connectivity index (χ3n) is 4.66. The largest absolute Gasteiger partial charge is 0.345 e. The highest BCUT2D eigenvalue weighted by molar-refractivity contribution is 7.99. The van der Waals surface area contributed by atoms with Crippen molar-refractivity contribution in [2.45, 2.75) is 39.0 Å². The molecule has 0 aliphatic heterocycles. The Morgan fingerprint density at radius 1 is 1.00 bits per heavy atom. The Bertz CT molecular complexity index is 1050. The number of hydrogen-bond donors (Lipinski definition) is 2. The first kappa shape index (κ1) is 21.6. The van der Waals surface area contributed by atoms with Crippen LogP contribution in [0.4, 0.5) is 5.69 Å². The van der Waals surface area contributed by atoms with Crippen LogP contribution in [0.25, 0.3) is 0 Å². The number of anilines is 1. The first-order valence-electron chi connectivity index (χ1n) is 9.73. The fourth-order valence-corrected chi connectivity index (χ4v) is 3.81. The lowest BCUT2D eigenvalue weighted by molar-refractivity contribution is -0.113. The molecule has 0 saturated heterocycles. The standard InChI is InChI=1S/C22H25N5O2S/c1-4-27-19(13-23-21(29)17-11-7-5-9-15(17)2)25-26-22(27)30-14-20(28)24-18-12-8-6-10-16(18)3/h5-12H,4,13-14H2,1-3H3,(H,23,29)(H,24,28). The predicted molar refractivity (Wildman–Crippen MR) is 119 cm³/mol. The van der Waals surface area contributed by atoms with E-state index in [9.17, 15) is 9.59 Å². The van der Waals surface area contributed by atoms with E-state index in [1.54, 1.807) is 6.07 Å². The zero-order chi connectivity index (χ0) is 21.5. The molecule has 0 aliphatic carbocycles. The molecule has 2 aromatic carbocycles. The van der Waals surface area contributed by atoms with Gasteiger partial charge in [-0.15, -0.1) is 10.2 Å². The van der Waals surface area contributed by atoms with Gasteiger partial charge >= 0.3 is 0 Å². The van der Waals surface area contributed by atoms with Gasteiger partial charge in [-0.25, -0.2) is 0 Å². The van der Waals surface area contributed by atoms with Gasteiger partial charge in [-0.1, -0.05) is 48.2 Å². The molecule has 156 valence electrons. The second kappa shape index (κ2) is 10.1. The lowest BCUT2D eigenvalue weighted by Gasteiger charge is -2.10. The van der Waals surface area contributed by atoms with Crippen LogP contribution in [0.5, 0.6) is 0 Å². The number of hydrogen-bond acceptors (Lipinski definition) is 5. The number of nitrogens with zero attached hydrogens (tertiary/aromatic N) is 3. The van der Waals surface area contributed by atoms with Crippen LogP contribution in [0.3, 0.4) is 0 Å². The monoisotopic (exact) mass is 423 g/mol. The van der Waals surface area contributed by atoms with Gasteiger partial charge in [0.1, 0.15) is 0 Å². The van der Waals surface area contributed by atoms with Gasteiger partial charge in [0.25, 0.3) is 5.91 Å². The molecule has 30 heavy (non-hydrogen) atoms. The third kappa shape index (κ3) is 5.27. The van der Waals surface area contributed by atoms with E-state index in [1.807, 2.05) is 67.8 Å². The maximum absolute atomic E-state index is 12.4. The minimum absolute atomic E-state index is 0.102. The molecule has 7 nitrogen and oxygen atoms in total. The summed E-state index contributed by atoms with van der Waals surface area (Å²) >= 11 is 1.32. The Labute approximate surface area is 180 Å². The first-order chi connectivity index (χ1) is 14.5. The summed E-state index contributed by atoms with van der Waals surface area (Å²) < 4.78 is 1.91. The zero-order valence-corrected chi connectivity index (χ0v) is 18.1. The van der Waals surface area contributed by atoms with Crippen molar-refractivity contribution in [3.63, 3.8) is 0 Å². The normalized spacial score (nSPS) is 10.6. The van der Waals surface area contributed by atoms with Crippen LogP contribution in [0, 0.1) is 13.8 Å². The number of rotatable bonds is 8. The zero-order valence-electron chi connectivity index (χ0n) is 17.3. The van der Waals surface area contributed by atoms with E-state index in [4.69, 9.17) is 0 Å². The summed E-state index contributed by atoms with van der Waals surface area (Å²) in [6.45, 7) is 6.75. The number of amides is 2. The summed E-state index contributed by atoms with van der Waals surface area (Å²) in [7, 11) is 0. The molecule has 0 fully saturated rings. The van der Waals surface area contributed by atoms with Crippen LogP contribution in [0.1, 0.15) is 34.2 Å². The van der Waals surface area contributed by atoms with Gasteiger partial charge in [0.15, 0.2) is 11.0 Å². The smallest absolute Gasteiger partial charge is 0.251 e. The fraction of sp³-hybridized carbons (Fsp3) is 0.273. The number of carbonyl (C=O) groups is 2. The highest BCUT2D eigenvalue weighted by Gasteiger charge is 2.15. The van der Waals surface area contributed by atoms with Gasteiger partial charge in [0, 0.05) is 17.8 Å². The van der Waals surface area contributed by atoms with Crippen LogP contribution >= 0.6 is 11.8 Å². The highest BCUT2D eigenvalue weighted by Crippen LogP contribution is 2.19. The number of benzene rings is 2. The minimum atomic E-state index is -0.148. The Morgan fingerprint density at radius 2 is 1.70 bits per heavy atom. The summed E-state index contributed by atoms with van der Waals surface area (Å²) in [5.41, 5.74) is 3.38. The molecular weight excluding hydrogens is 398 g/mol. The van der Waals surface area contributed by atoms with E-state index in [0.29, 0.717) is 23.1 Å². The van der Waals surface area contributed by atoms with Gasteiger partial charge in [0.05, 0.1) is 12.3 Å². The predicted octanol–water partition coefficient (Wildman–Crippen LogP) is 3.58. The topological polar surface area (TPSA) is 88.9 Å². The van der Waals surface area contributed by atoms with Crippen molar-refractivity contribution in [2.24, 2.45) is 0 Å². The van der Waals surface area contributed by atoms with Crippen LogP contribution < -0.4 is 10.6 Å². The molecule has 0 unspecified atom stereocenters. The Balaban J connectivity index is 1.58. The van der Waals surface area contributed by atoms with Crippen molar-refractivity contribution in [1.29, 1.82) is 0 Å². The van der Waals surface area contributed by atoms with Gasteiger partial charge in [-0.05, 0) is 44.0 Å². The molecule has 1 heterocycles. The van der Waals surface area contributed by atoms with E-state index in [1.165, 1.54) is 11.8 Å². The maximum atomic E-state index is 12.4. The van der Waals surface area contributed by atoms with Gasteiger partial charge in [-0.3, -0.25) is 9.59 Å². The molecule has 2 amide bonds. The lowest BCUT2D eigenvalue weighted by atomic mass is 10.1. The lowest BCUT2D eigenvalue weighted by Crippen LogP contribution is -2.25. The van der Waals surface area contributed by atoms with E-state index >= 15 is 0 Å². The van der Waals surface area contributed by atoms with E-state index in [2.05, 4.69) is 20.8 Å². The van der Waals surface area contributed by atoms with Crippen molar-refractivity contribution in [3.05, 3.63) is 71.0 Å². The average Bonchev–Trinajstić information content (AvgIpc) is 3.14. The van der Waals surface area contributed by atoms with Gasteiger partial charge in [-0.2, -0.15) is 0 Å². The second-order valence-corrected chi connectivity index (χ2v) is 7.73.